The molecule has 1 amide bonds. The zero-order chi connectivity index (χ0) is 15.3. The molecule has 1 aliphatic heterocycles. The number of amides is 1. The van der Waals surface area contributed by atoms with E-state index in [1.54, 1.807) is 0 Å². The maximum absolute atomic E-state index is 13.0. The van der Waals surface area contributed by atoms with Crippen LogP contribution in [0.1, 0.15) is 31.7 Å². The van der Waals surface area contributed by atoms with Crippen LogP contribution in [0.4, 0.5) is 8.78 Å². The van der Waals surface area contributed by atoms with Gasteiger partial charge in [0, 0.05) is 19.2 Å². The van der Waals surface area contributed by atoms with E-state index in [1.807, 2.05) is 6.92 Å². The number of hydrogen-bond donors (Lipinski definition) is 2. The fourth-order valence-corrected chi connectivity index (χ4v) is 2.71. The number of piperidine rings is 1. The van der Waals surface area contributed by atoms with E-state index in [9.17, 15) is 13.6 Å². The minimum absolute atomic E-state index is 0.0557. The fourth-order valence-electron chi connectivity index (χ4n) is 2.71. The lowest BCUT2D eigenvalue weighted by Crippen LogP contribution is -2.48. The van der Waals surface area contributed by atoms with Crippen LogP contribution in [0.5, 0.6) is 0 Å². The lowest BCUT2D eigenvalue weighted by molar-refractivity contribution is -0.131. The van der Waals surface area contributed by atoms with E-state index < -0.39 is 11.6 Å². The number of carbonyl (C=O) groups excluding carboxylic acids is 1. The lowest BCUT2D eigenvalue weighted by atomic mass is 9.82. The summed E-state index contributed by atoms with van der Waals surface area (Å²) < 4.78 is 26.1. The Balaban J connectivity index is 1.75. The first-order valence-corrected chi connectivity index (χ1v) is 7.44. The van der Waals surface area contributed by atoms with Gasteiger partial charge in [-0.25, -0.2) is 8.78 Å². The minimum atomic E-state index is -0.560. The molecule has 0 bridgehead atoms. The maximum Gasteiger partial charge on any atom is 0.227 e. The molecule has 1 aliphatic rings. The summed E-state index contributed by atoms with van der Waals surface area (Å²) in [4.78, 5) is 12.2. The average Bonchev–Trinajstić information content (AvgIpc) is 2.43. The predicted octanol–water partition coefficient (Wildman–Crippen LogP) is 2.40. The number of aryl methyl sites for hydroxylation is 1. The van der Waals surface area contributed by atoms with Crippen LogP contribution in [0.15, 0.2) is 18.2 Å². The molecule has 0 radical (unpaired) electrons. The van der Waals surface area contributed by atoms with Crippen LogP contribution in [-0.2, 0) is 11.2 Å². The van der Waals surface area contributed by atoms with Crippen molar-refractivity contribution < 1.29 is 13.6 Å². The molecular formula is C16H22F2N2O. The van der Waals surface area contributed by atoms with Gasteiger partial charge in [-0.1, -0.05) is 0 Å². The summed E-state index contributed by atoms with van der Waals surface area (Å²) in [6, 6.07) is 3.52. The second kappa shape index (κ2) is 6.98. The average molecular weight is 296 g/mol. The lowest BCUT2D eigenvalue weighted by Gasteiger charge is -2.32. The van der Waals surface area contributed by atoms with Crippen LogP contribution < -0.4 is 10.6 Å². The molecular weight excluding hydrogens is 274 g/mol. The van der Waals surface area contributed by atoms with E-state index in [-0.39, 0.29) is 11.3 Å². The van der Waals surface area contributed by atoms with Gasteiger partial charge in [0.1, 0.15) is 11.6 Å². The summed E-state index contributed by atoms with van der Waals surface area (Å²) in [5, 5.41) is 6.17. The Bertz CT molecular complexity index is 479. The maximum atomic E-state index is 13.0. The summed E-state index contributed by atoms with van der Waals surface area (Å²) in [5.41, 5.74) is 0.274. The molecule has 3 nitrogen and oxygen atoms in total. The van der Waals surface area contributed by atoms with Crippen LogP contribution in [0.2, 0.25) is 0 Å². The summed E-state index contributed by atoms with van der Waals surface area (Å²) >= 11 is 0. The van der Waals surface area contributed by atoms with E-state index in [0.717, 1.165) is 25.5 Å². The summed E-state index contributed by atoms with van der Waals surface area (Å²) in [6.45, 7) is 4.16. The number of benzene rings is 1. The Morgan fingerprint density at radius 2 is 2.05 bits per heavy atom. The molecule has 5 heteroatoms. The van der Waals surface area contributed by atoms with Crippen molar-refractivity contribution in [3.8, 4) is 0 Å². The Hall–Kier alpha value is -1.49. The van der Waals surface area contributed by atoms with Crippen molar-refractivity contribution in [2.45, 2.75) is 32.6 Å². The SMILES string of the molecule is C[C@@]1(C(=O)NCCCc2cc(F)cc(F)c2)CCCNC1. The van der Waals surface area contributed by atoms with Gasteiger partial charge in [-0.3, -0.25) is 4.79 Å². The third-order valence-corrected chi connectivity index (χ3v) is 4.00. The third-order valence-electron chi connectivity index (χ3n) is 4.00. The molecule has 1 fully saturated rings. The van der Waals surface area contributed by atoms with E-state index >= 15 is 0 Å². The largest absolute Gasteiger partial charge is 0.356 e. The number of carbonyl (C=O) groups is 1. The Labute approximate surface area is 124 Å². The normalized spacial score (nSPS) is 22.0. The summed E-state index contributed by atoms with van der Waals surface area (Å²) in [6.07, 6.45) is 3.11. The number of rotatable bonds is 5. The van der Waals surface area contributed by atoms with Crippen LogP contribution in [0.3, 0.4) is 0 Å². The van der Waals surface area contributed by atoms with Gasteiger partial charge in [-0.2, -0.15) is 0 Å². The van der Waals surface area contributed by atoms with Gasteiger partial charge >= 0.3 is 0 Å². The second-order valence-corrected chi connectivity index (χ2v) is 5.98. The van der Waals surface area contributed by atoms with Crippen LogP contribution in [-0.4, -0.2) is 25.5 Å². The monoisotopic (exact) mass is 296 g/mol. The Kier molecular flexibility index (Phi) is 5.28. The van der Waals surface area contributed by atoms with Gasteiger partial charge < -0.3 is 10.6 Å². The van der Waals surface area contributed by atoms with Crippen molar-refractivity contribution in [1.82, 2.24) is 10.6 Å². The van der Waals surface area contributed by atoms with Gasteiger partial charge in [0.2, 0.25) is 5.91 Å². The zero-order valence-corrected chi connectivity index (χ0v) is 12.3. The standard InChI is InChI=1S/C16H22F2N2O/c1-16(5-3-6-19-11-16)15(21)20-7-2-4-12-8-13(17)10-14(18)9-12/h8-10,19H,2-7,11H2,1H3,(H,20,21)/t16-/m1/s1. The van der Waals surface area contributed by atoms with E-state index in [1.165, 1.54) is 12.1 Å². The molecule has 116 valence electrons. The molecule has 1 saturated heterocycles. The van der Waals surface area contributed by atoms with Crippen molar-refractivity contribution in [2.75, 3.05) is 19.6 Å². The first-order valence-electron chi connectivity index (χ1n) is 7.44. The van der Waals surface area contributed by atoms with Gasteiger partial charge in [0.05, 0.1) is 5.41 Å². The number of hydrogen-bond acceptors (Lipinski definition) is 2. The zero-order valence-electron chi connectivity index (χ0n) is 12.3. The van der Waals surface area contributed by atoms with Crippen LogP contribution in [0, 0.1) is 17.0 Å². The third kappa shape index (κ3) is 4.49. The molecule has 1 aromatic carbocycles. The highest BCUT2D eigenvalue weighted by Gasteiger charge is 2.34. The van der Waals surface area contributed by atoms with Crippen molar-refractivity contribution in [3.63, 3.8) is 0 Å². The molecule has 2 rings (SSSR count). The van der Waals surface area contributed by atoms with Crippen molar-refractivity contribution in [3.05, 3.63) is 35.4 Å². The highest BCUT2D eigenvalue weighted by atomic mass is 19.1. The highest BCUT2D eigenvalue weighted by Crippen LogP contribution is 2.25. The minimum Gasteiger partial charge on any atom is -0.356 e. The number of nitrogens with one attached hydrogen (secondary N) is 2. The van der Waals surface area contributed by atoms with Crippen molar-refractivity contribution in [1.29, 1.82) is 0 Å². The van der Waals surface area contributed by atoms with Crippen molar-refractivity contribution in [2.24, 2.45) is 5.41 Å². The molecule has 1 atom stereocenters. The summed E-state index contributed by atoms with van der Waals surface area (Å²) in [7, 11) is 0. The first kappa shape index (κ1) is 15.9. The molecule has 0 aliphatic carbocycles. The van der Waals surface area contributed by atoms with E-state index in [0.29, 0.717) is 31.5 Å². The number of halogens is 2. The molecule has 0 saturated carbocycles. The van der Waals surface area contributed by atoms with Gasteiger partial charge in [0.25, 0.3) is 0 Å². The fraction of sp³-hybridized carbons (Fsp3) is 0.562. The van der Waals surface area contributed by atoms with Gasteiger partial charge in [-0.15, -0.1) is 0 Å². The van der Waals surface area contributed by atoms with Crippen LogP contribution in [0.25, 0.3) is 0 Å². The Morgan fingerprint density at radius 1 is 1.33 bits per heavy atom. The molecule has 1 heterocycles. The smallest absolute Gasteiger partial charge is 0.227 e. The second-order valence-electron chi connectivity index (χ2n) is 5.98. The molecule has 21 heavy (non-hydrogen) atoms. The van der Waals surface area contributed by atoms with Gasteiger partial charge in [0.15, 0.2) is 0 Å². The molecule has 2 N–H and O–H groups in total. The summed E-state index contributed by atoms with van der Waals surface area (Å²) in [5.74, 6) is -1.07. The van der Waals surface area contributed by atoms with E-state index in [2.05, 4.69) is 10.6 Å². The topological polar surface area (TPSA) is 41.1 Å². The Morgan fingerprint density at radius 3 is 2.67 bits per heavy atom. The molecule has 0 aromatic heterocycles. The molecule has 1 aromatic rings. The van der Waals surface area contributed by atoms with E-state index in [4.69, 9.17) is 0 Å². The first-order chi connectivity index (χ1) is 9.99. The quantitative estimate of drug-likeness (QED) is 0.819. The van der Waals surface area contributed by atoms with Gasteiger partial charge in [-0.05, 0) is 56.8 Å². The highest BCUT2D eigenvalue weighted by molar-refractivity contribution is 5.82. The molecule has 0 spiro atoms. The van der Waals surface area contributed by atoms with Crippen molar-refractivity contribution >= 4 is 5.91 Å². The van der Waals surface area contributed by atoms with Crippen LogP contribution >= 0.6 is 0 Å². The molecule has 0 unspecified atom stereocenters. The predicted molar refractivity (Wildman–Crippen MR) is 77.9 cm³/mol.